The smallest absolute Gasteiger partial charge is 0.295 e. The van der Waals surface area contributed by atoms with Crippen LogP contribution in [0.25, 0.3) is 5.76 Å². The average molecular weight is 595 g/mol. The Bertz CT molecular complexity index is 1330. The number of likely N-dealkylation sites (tertiary alicyclic amines) is 1. The molecule has 5 rings (SSSR count). The van der Waals surface area contributed by atoms with Crippen molar-refractivity contribution in [1.29, 1.82) is 0 Å². The second-order valence-corrected chi connectivity index (χ2v) is 11.3. The van der Waals surface area contributed by atoms with Crippen molar-refractivity contribution >= 4 is 17.4 Å². The summed E-state index contributed by atoms with van der Waals surface area (Å²) in [4.78, 5) is 31.0. The first-order valence-electron chi connectivity index (χ1n) is 15.3. The predicted molar refractivity (Wildman–Crippen MR) is 161 cm³/mol. The number of fused-ring (bicyclic) bond motifs is 1. The van der Waals surface area contributed by atoms with Crippen molar-refractivity contribution in [1.82, 2.24) is 9.80 Å². The van der Waals surface area contributed by atoms with Crippen molar-refractivity contribution in [3.8, 4) is 23.0 Å². The summed E-state index contributed by atoms with van der Waals surface area (Å²) < 4.78 is 28.8. The molecule has 0 saturated carbocycles. The maximum Gasteiger partial charge on any atom is 0.295 e. The van der Waals surface area contributed by atoms with Crippen molar-refractivity contribution in [3.63, 3.8) is 0 Å². The lowest BCUT2D eigenvalue weighted by molar-refractivity contribution is -0.140. The second kappa shape index (κ2) is 14.1. The largest absolute Gasteiger partial charge is 0.507 e. The lowest BCUT2D eigenvalue weighted by Gasteiger charge is -2.29. The minimum Gasteiger partial charge on any atom is -0.507 e. The van der Waals surface area contributed by atoms with Crippen molar-refractivity contribution in [2.75, 3.05) is 65.8 Å². The van der Waals surface area contributed by atoms with Crippen molar-refractivity contribution in [2.24, 2.45) is 5.92 Å². The standard InChI is InChI=1S/C33H42N2O8/c1-4-40-27-20-23(6-8-25(27)41-15-10-22(2)3)30-29(31(36)24-7-9-26-28(21-24)43-19-18-42-26)32(37)33(38)35(30)12-5-11-34-13-16-39-17-14-34/h6-9,20-22,30,36H,4-5,10-19H2,1-3H3/b31-29+/t30-/m0/s1. The van der Waals surface area contributed by atoms with Crippen LogP contribution < -0.4 is 18.9 Å². The number of ketones is 1. The van der Waals surface area contributed by atoms with Crippen LogP contribution >= 0.6 is 0 Å². The zero-order valence-corrected chi connectivity index (χ0v) is 25.3. The first kappa shape index (κ1) is 30.7. The van der Waals surface area contributed by atoms with Gasteiger partial charge in [-0.3, -0.25) is 14.5 Å². The van der Waals surface area contributed by atoms with Gasteiger partial charge in [-0.25, -0.2) is 0 Å². The van der Waals surface area contributed by atoms with Crippen LogP contribution in [0.15, 0.2) is 42.0 Å². The maximum atomic E-state index is 13.6. The SMILES string of the molecule is CCOc1cc([C@H]2/C(=C(\O)c3ccc4c(c3)OCCO4)C(=O)C(=O)N2CCCN2CCOCC2)ccc1OCCC(C)C. The minimum absolute atomic E-state index is 0.0315. The van der Waals surface area contributed by atoms with E-state index in [9.17, 15) is 14.7 Å². The molecule has 3 aliphatic rings. The normalized spacial score (nSPS) is 20.1. The third kappa shape index (κ3) is 7.08. The van der Waals surface area contributed by atoms with Gasteiger partial charge in [0, 0.05) is 31.7 Å². The van der Waals surface area contributed by atoms with Gasteiger partial charge in [0.05, 0.1) is 38.0 Å². The Balaban J connectivity index is 1.50. The van der Waals surface area contributed by atoms with Gasteiger partial charge in [0.2, 0.25) is 0 Å². The number of aliphatic hydroxyl groups excluding tert-OH is 1. The van der Waals surface area contributed by atoms with Crippen LogP contribution in [0.3, 0.4) is 0 Å². The van der Waals surface area contributed by atoms with Crippen LogP contribution in [-0.4, -0.2) is 92.4 Å². The molecule has 2 aromatic rings. The Morgan fingerprint density at radius 2 is 1.72 bits per heavy atom. The van der Waals surface area contributed by atoms with Gasteiger partial charge in [0.25, 0.3) is 11.7 Å². The lowest BCUT2D eigenvalue weighted by atomic mass is 9.94. The summed E-state index contributed by atoms with van der Waals surface area (Å²) in [5.74, 6) is 1.05. The van der Waals surface area contributed by atoms with E-state index in [-0.39, 0.29) is 11.3 Å². The molecule has 2 fully saturated rings. The second-order valence-electron chi connectivity index (χ2n) is 11.3. The average Bonchev–Trinajstić information content (AvgIpc) is 3.26. The van der Waals surface area contributed by atoms with Gasteiger partial charge >= 0.3 is 0 Å². The van der Waals surface area contributed by atoms with Crippen LogP contribution in [0.2, 0.25) is 0 Å². The third-order valence-corrected chi connectivity index (χ3v) is 7.87. The molecular formula is C33H42N2O8. The van der Waals surface area contributed by atoms with E-state index in [0.717, 1.165) is 26.1 Å². The molecule has 0 unspecified atom stereocenters. The van der Waals surface area contributed by atoms with E-state index in [1.54, 1.807) is 23.1 Å². The fraction of sp³-hybridized carbons (Fsp3) is 0.515. The van der Waals surface area contributed by atoms with Crippen LogP contribution in [-0.2, 0) is 14.3 Å². The van der Waals surface area contributed by atoms with Gasteiger partial charge in [0.1, 0.15) is 19.0 Å². The highest BCUT2D eigenvalue weighted by atomic mass is 16.6. The number of hydrogen-bond acceptors (Lipinski definition) is 9. The van der Waals surface area contributed by atoms with E-state index >= 15 is 0 Å². The number of aliphatic hydroxyl groups is 1. The summed E-state index contributed by atoms with van der Waals surface area (Å²) in [6.45, 7) is 12.1. The number of carbonyl (C=O) groups is 2. The van der Waals surface area contributed by atoms with Gasteiger partial charge in [0.15, 0.2) is 23.0 Å². The molecule has 3 heterocycles. The highest BCUT2D eigenvalue weighted by Gasteiger charge is 2.46. The Hall–Kier alpha value is -3.76. The number of morpholine rings is 1. The molecule has 1 amide bonds. The number of hydrogen-bond donors (Lipinski definition) is 1. The monoisotopic (exact) mass is 594 g/mol. The number of ether oxygens (including phenoxy) is 5. The van der Waals surface area contributed by atoms with Crippen molar-refractivity contribution < 1.29 is 38.4 Å². The molecule has 1 N–H and O–H groups in total. The molecule has 0 aromatic heterocycles. The summed E-state index contributed by atoms with van der Waals surface area (Å²) in [7, 11) is 0. The summed E-state index contributed by atoms with van der Waals surface area (Å²) >= 11 is 0. The quantitative estimate of drug-likeness (QED) is 0.217. The summed E-state index contributed by atoms with van der Waals surface area (Å²) in [5, 5.41) is 11.6. The van der Waals surface area contributed by atoms with E-state index < -0.39 is 17.7 Å². The summed E-state index contributed by atoms with van der Waals surface area (Å²) in [6, 6.07) is 9.69. The third-order valence-electron chi connectivity index (χ3n) is 7.87. The topological polar surface area (TPSA) is 107 Å². The number of Topliss-reactive ketones (excluding diaryl/α,β-unsaturated/α-hetero) is 1. The molecule has 10 nitrogen and oxygen atoms in total. The van der Waals surface area contributed by atoms with E-state index in [4.69, 9.17) is 23.7 Å². The maximum absolute atomic E-state index is 13.6. The lowest BCUT2D eigenvalue weighted by Crippen LogP contribution is -2.39. The van der Waals surface area contributed by atoms with Crippen LogP contribution in [0.1, 0.15) is 50.8 Å². The number of carbonyl (C=O) groups excluding carboxylic acids is 2. The molecule has 10 heteroatoms. The molecule has 0 spiro atoms. The molecule has 2 saturated heterocycles. The first-order chi connectivity index (χ1) is 20.9. The molecule has 0 aliphatic carbocycles. The van der Waals surface area contributed by atoms with E-state index in [1.807, 2.05) is 25.1 Å². The minimum atomic E-state index is -0.804. The highest BCUT2D eigenvalue weighted by Crippen LogP contribution is 2.43. The number of nitrogens with zero attached hydrogens (tertiary/aromatic N) is 2. The first-order valence-corrected chi connectivity index (χ1v) is 15.3. The highest BCUT2D eigenvalue weighted by molar-refractivity contribution is 6.46. The van der Waals surface area contributed by atoms with Gasteiger partial charge in [-0.15, -0.1) is 0 Å². The Morgan fingerprint density at radius 3 is 2.47 bits per heavy atom. The van der Waals surface area contributed by atoms with Crippen LogP contribution in [0, 0.1) is 5.92 Å². The van der Waals surface area contributed by atoms with E-state index in [1.165, 1.54) is 0 Å². The van der Waals surface area contributed by atoms with E-state index in [2.05, 4.69) is 18.7 Å². The molecule has 43 heavy (non-hydrogen) atoms. The molecule has 3 aliphatic heterocycles. The fourth-order valence-corrected chi connectivity index (χ4v) is 5.58. The molecular weight excluding hydrogens is 552 g/mol. The zero-order valence-electron chi connectivity index (χ0n) is 25.3. The molecule has 0 bridgehead atoms. The summed E-state index contributed by atoms with van der Waals surface area (Å²) in [6.07, 6.45) is 1.56. The van der Waals surface area contributed by atoms with Gasteiger partial charge in [-0.1, -0.05) is 19.9 Å². The molecule has 1 atom stereocenters. The predicted octanol–water partition coefficient (Wildman–Crippen LogP) is 4.43. The summed E-state index contributed by atoms with van der Waals surface area (Å²) in [5.41, 5.74) is 1.06. The number of amides is 1. The Morgan fingerprint density at radius 1 is 0.953 bits per heavy atom. The van der Waals surface area contributed by atoms with Crippen molar-refractivity contribution in [2.45, 2.75) is 39.7 Å². The van der Waals surface area contributed by atoms with Crippen LogP contribution in [0.5, 0.6) is 23.0 Å². The molecule has 232 valence electrons. The van der Waals surface area contributed by atoms with Crippen molar-refractivity contribution in [3.05, 3.63) is 53.1 Å². The molecule has 2 aromatic carbocycles. The van der Waals surface area contributed by atoms with Crippen LogP contribution in [0.4, 0.5) is 0 Å². The van der Waals surface area contributed by atoms with E-state index in [0.29, 0.717) is 92.6 Å². The zero-order chi connectivity index (χ0) is 30.3. The molecule has 0 radical (unpaired) electrons. The Kier molecular flexibility index (Phi) is 10.1. The number of benzene rings is 2. The van der Waals surface area contributed by atoms with Gasteiger partial charge < -0.3 is 33.7 Å². The van der Waals surface area contributed by atoms with Gasteiger partial charge in [-0.2, -0.15) is 0 Å². The fourth-order valence-electron chi connectivity index (χ4n) is 5.58. The number of rotatable bonds is 12. The van der Waals surface area contributed by atoms with Gasteiger partial charge in [-0.05, 0) is 61.6 Å². The Labute approximate surface area is 253 Å².